The number of Topliss-reactive ketones (excluding diaryl/α,β-unsaturated/α-hetero) is 1. The summed E-state index contributed by atoms with van der Waals surface area (Å²) in [6.07, 6.45) is 0. The Labute approximate surface area is 110 Å². The van der Waals surface area contributed by atoms with E-state index in [0.717, 1.165) is 11.8 Å². The van der Waals surface area contributed by atoms with Crippen molar-refractivity contribution in [3.63, 3.8) is 0 Å². The molecule has 0 aliphatic carbocycles. The van der Waals surface area contributed by atoms with Crippen LogP contribution in [0.5, 0.6) is 0 Å². The molecule has 0 atom stereocenters. The summed E-state index contributed by atoms with van der Waals surface area (Å²) in [4.78, 5) is 23.6. The minimum atomic E-state index is -0.0696. The highest BCUT2D eigenvalue weighted by atomic mass is 32.2. The number of benzene rings is 2. The highest BCUT2D eigenvalue weighted by molar-refractivity contribution is 8.14. The summed E-state index contributed by atoms with van der Waals surface area (Å²) >= 11 is 1.04. The Balaban J connectivity index is 1.93. The van der Waals surface area contributed by atoms with E-state index in [2.05, 4.69) is 0 Å². The molecule has 2 nitrogen and oxygen atoms in total. The Morgan fingerprint density at radius 2 is 1.28 bits per heavy atom. The van der Waals surface area contributed by atoms with Crippen LogP contribution in [-0.4, -0.2) is 16.7 Å². The SMILES string of the molecule is O=C(CSC(=O)c1ccccc1)c1ccccc1. The lowest BCUT2D eigenvalue weighted by molar-refractivity contribution is 0.101. The van der Waals surface area contributed by atoms with E-state index in [1.807, 2.05) is 36.4 Å². The lowest BCUT2D eigenvalue weighted by atomic mass is 10.2. The maximum atomic E-state index is 11.8. The van der Waals surface area contributed by atoms with Gasteiger partial charge in [-0.05, 0) is 0 Å². The van der Waals surface area contributed by atoms with Gasteiger partial charge >= 0.3 is 0 Å². The molecule has 0 aliphatic heterocycles. The predicted molar refractivity (Wildman–Crippen MR) is 74.0 cm³/mol. The van der Waals surface area contributed by atoms with Crippen molar-refractivity contribution in [2.45, 2.75) is 0 Å². The summed E-state index contributed by atoms with van der Waals surface area (Å²) in [6, 6.07) is 18.0. The van der Waals surface area contributed by atoms with Crippen LogP contribution in [-0.2, 0) is 0 Å². The van der Waals surface area contributed by atoms with E-state index in [0.29, 0.717) is 11.1 Å². The van der Waals surface area contributed by atoms with Gasteiger partial charge in [0.05, 0.1) is 5.75 Å². The molecule has 0 saturated carbocycles. The Bertz CT molecular complexity index is 483. The number of hydrogen-bond acceptors (Lipinski definition) is 3. The third-order valence-electron chi connectivity index (χ3n) is 2.44. The van der Waals surface area contributed by atoms with Gasteiger partial charge in [0.1, 0.15) is 0 Å². The molecule has 18 heavy (non-hydrogen) atoms. The van der Waals surface area contributed by atoms with Crippen molar-refractivity contribution in [3.05, 3.63) is 71.8 Å². The molecule has 0 aromatic heterocycles. The molecular weight excluding hydrogens is 244 g/mol. The van der Waals surface area contributed by atoms with Gasteiger partial charge in [-0.25, -0.2) is 0 Å². The zero-order valence-electron chi connectivity index (χ0n) is 9.71. The number of ketones is 1. The van der Waals surface area contributed by atoms with E-state index >= 15 is 0 Å². The fraction of sp³-hybridized carbons (Fsp3) is 0.0667. The van der Waals surface area contributed by atoms with E-state index in [1.165, 1.54) is 0 Å². The molecule has 0 radical (unpaired) electrons. The second kappa shape index (κ2) is 6.17. The maximum absolute atomic E-state index is 11.8. The maximum Gasteiger partial charge on any atom is 0.219 e. The van der Waals surface area contributed by atoms with Crippen molar-refractivity contribution in [3.8, 4) is 0 Å². The van der Waals surface area contributed by atoms with E-state index in [4.69, 9.17) is 0 Å². The summed E-state index contributed by atoms with van der Waals surface area (Å²) < 4.78 is 0. The minimum absolute atomic E-state index is 0.0233. The lowest BCUT2D eigenvalue weighted by Crippen LogP contribution is -2.05. The quantitative estimate of drug-likeness (QED) is 0.786. The van der Waals surface area contributed by atoms with Crippen molar-refractivity contribution >= 4 is 22.7 Å². The van der Waals surface area contributed by atoms with Gasteiger partial charge in [0.15, 0.2) is 5.78 Å². The van der Waals surface area contributed by atoms with Crippen LogP contribution in [0.2, 0.25) is 0 Å². The third-order valence-corrected chi connectivity index (χ3v) is 3.34. The lowest BCUT2D eigenvalue weighted by Gasteiger charge is -2.01. The second-order valence-electron chi connectivity index (χ2n) is 3.73. The van der Waals surface area contributed by atoms with Gasteiger partial charge in [-0.3, -0.25) is 9.59 Å². The first-order valence-electron chi connectivity index (χ1n) is 5.58. The van der Waals surface area contributed by atoms with Gasteiger partial charge < -0.3 is 0 Å². The van der Waals surface area contributed by atoms with E-state index in [1.54, 1.807) is 24.3 Å². The average Bonchev–Trinajstić information content (AvgIpc) is 2.46. The first-order chi connectivity index (χ1) is 8.77. The zero-order chi connectivity index (χ0) is 12.8. The van der Waals surface area contributed by atoms with Crippen LogP contribution in [0.15, 0.2) is 60.7 Å². The van der Waals surface area contributed by atoms with Crippen LogP contribution in [0.25, 0.3) is 0 Å². The Hall–Kier alpha value is -1.87. The number of thioether (sulfide) groups is 1. The van der Waals surface area contributed by atoms with Crippen LogP contribution < -0.4 is 0 Å². The summed E-state index contributed by atoms with van der Waals surface area (Å²) in [6.45, 7) is 0. The molecule has 0 unspecified atom stereocenters. The molecule has 0 fully saturated rings. The normalized spacial score (nSPS) is 10.0. The molecule has 3 heteroatoms. The molecule has 90 valence electrons. The van der Waals surface area contributed by atoms with E-state index in [9.17, 15) is 9.59 Å². The fourth-order valence-corrected chi connectivity index (χ4v) is 2.23. The number of carbonyl (C=O) groups excluding carboxylic acids is 2. The molecule has 2 aromatic carbocycles. The van der Waals surface area contributed by atoms with Gasteiger partial charge in [-0.1, -0.05) is 72.4 Å². The standard InChI is InChI=1S/C15H12O2S/c16-14(12-7-3-1-4-8-12)11-18-15(17)13-9-5-2-6-10-13/h1-10H,11H2. The molecular formula is C15H12O2S. The Kier molecular flexibility index (Phi) is 4.31. The van der Waals surface area contributed by atoms with Crippen molar-refractivity contribution < 1.29 is 9.59 Å². The molecule has 0 amide bonds. The molecule has 2 aromatic rings. The zero-order valence-corrected chi connectivity index (χ0v) is 10.5. The molecule has 0 bridgehead atoms. The topological polar surface area (TPSA) is 34.1 Å². The first-order valence-corrected chi connectivity index (χ1v) is 6.56. The molecule has 0 heterocycles. The van der Waals surface area contributed by atoms with Gasteiger partial charge in [0.25, 0.3) is 0 Å². The molecule has 0 aliphatic rings. The van der Waals surface area contributed by atoms with Gasteiger partial charge in [0.2, 0.25) is 5.12 Å². The molecule has 0 N–H and O–H groups in total. The monoisotopic (exact) mass is 256 g/mol. The number of rotatable bonds is 4. The highest BCUT2D eigenvalue weighted by Gasteiger charge is 2.10. The van der Waals surface area contributed by atoms with Gasteiger partial charge in [0, 0.05) is 11.1 Å². The molecule has 0 spiro atoms. The largest absolute Gasteiger partial charge is 0.293 e. The smallest absolute Gasteiger partial charge is 0.219 e. The second-order valence-corrected chi connectivity index (χ2v) is 4.68. The van der Waals surface area contributed by atoms with Crippen molar-refractivity contribution in [2.24, 2.45) is 0 Å². The highest BCUT2D eigenvalue weighted by Crippen LogP contribution is 2.14. The number of hydrogen-bond donors (Lipinski definition) is 0. The van der Waals surface area contributed by atoms with Crippen LogP contribution >= 0.6 is 11.8 Å². The molecule has 0 saturated heterocycles. The fourth-order valence-electron chi connectivity index (χ4n) is 1.50. The van der Waals surface area contributed by atoms with Crippen LogP contribution in [0.3, 0.4) is 0 Å². The van der Waals surface area contributed by atoms with Crippen molar-refractivity contribution in [1.82, 2.24) is 0 Å². The number of carbonyl (C=O) groups is 2. The van der Waals surface area contributed by atoms with Crippen molar-refractivity contribution in [2.75, 3.05) is 5.75 Å². The summed E-state index contributed by atoms with van der Waals surface area (Å²) in [5.74, 6) is 0.155. The summed E-state index contributed by atoms with van der Waals surface area (Å²) in [5.41, 5.74) is 1.27. The predicted octanol–water partition coefficient (Wildman–Crippen LogP) is 3.44. The summed E-state index contributed by atoms with van der Waals surface area (Å²) in [7, 11) is 0. The molecule has 2 rings (SSSR count). The van der Waals surface area contributed by atoms with Crippen LogP contribution in [0.1, 0.15) is 20.7 Å². The summed E-state index contributed by atoms with van der Waals surface area (Å²) in [5, 5.41) is -0.0696. The first kappa shape index (κ1) is 12.6. The minimum Gasteiger partial charge on any atom is -0.293 e. The Morgan fingerprint density at radius 3 is 1.83 bits per heavy atom. The van der Waals surface area contributed by atoms with Crippen LogP contribution in [0.4, 0.5) is 0 Å². The third kappa shape index (κ3) is 3.31. The van der Waals surface area contributed by atoms with Gasteiger partial charge in [-0.2, -0.15) is 0 Å². The van der Waals surface area contributed by atoms with Crippen LogP contribution in [0, 0.1) is 0 Å². The van der Waals surface area contributed by atoms with E-state index in [-0.39, 0.29) is 16.7 Å². The average molecular weight is 256 g/mol. The van der Waals surface area contributed by atoms with Crippen molar-refractivity contribution in [1.29, 1.82) is 0 Å². The van der Waals surface area contributed by atoms with E-state index < -0.39 is 0 Å². The Morgan fingerprint density at radius 1 is 0.778 bits per heavy atom. The van der Waals surface area contributed by atoms with Gasteiger partial charge in [-0.15, -0.1) is 0 Å².